The molecule has 0 N–H and O–H groups in total. The summed E-state index contributed by atoms with van der Waals surface area (Å²) in [5.74, 6) is 2.33. The van der Waals surface area contributed by atoms with Crippen molar-refractivity contribution in [3.63, 3.8) is 0 Å². The number of fused-ring (bicyclic) bond motifs is 1. The Balaban J connectivity index is 1.96. The van der Waals surface area contributed by atoms with Gasteiger partial charge in [0.1, 0.15) is 0 Å². The number of hydrogen-bond acceptors (Lipinski definition) is 1. The Kier molecular flexibility index (Phi) is 0.880. The van der Waals surface area contributed by atoms with E-state index in [1.165, 1.54) is 0 Å². The van der Waals surface area contributed by atoms with Crippen molar-refractivity contribution in [1.29, 1.82) is 0 Å². The summed E-state index contributed by atoms with van der Waals surface area (Å²) >= 11 is 0. The minimum absolute atomic E-state index is 0.495. The lowest BCUT2D eigenvalue weighted by Crippen LogP contribution is -2.16. The van der Waals surface area contributed by atoms with E-state index in [0.29, 0.717) is 11.3 Å². The fraction of sp³-hybridized carbons (Fsp3) is 0.600. The molecule has 0 saturated heterocycles. The molecule has 11 heavy (non-hydrogen) atoms. The first-order valence-corrected chi connectivity index (χ1v) is 4.25. The van der Waals surface area contributed by atoms with Crippen molar-refractivity contribution in [3.05, 3.63) is 24.3 Å². The molecular weight excluding hydrogens is 136 g/mol. The van der Waals surface area contributed by atoms with Gasteiger partial charge >= 0.3 is 0 Å². The minimum Gasteiger partial charge on any atom is -0.384 e. The predicted octanol–water partition coefficient (Wildman–Crippen LogP) is 1.62. The van der Waals surface area contributed by atoms with Crippen LogP contribution in [0.3, 0.4) is 0 Å². The molecule has 0 spiro atoms. The molecule has 0 aromatic carbocycles. The van der Waals surface area contributed by atoms with Crippen LogP contribution in [-0.4, -0.2) is 13.7 Å². The number of allylic oxidation sites excluding steroid dienone is 4. The van der Waals surface area contributed by atoms with E-state index in [1.807, 2.05) is 7.11 Å². The molecule has 1 saturated carbocycles. The van der Waals surface area contributed by atoms with Crippen molar-refractivity contribution in [2.45, 2.75) is 0 Å². The maximum absolute atomic E-state index is 5.27. The van der Waals surface area contributed by atoms with E-state index < -0.39 is 0 Å². The number of hydrogen-bond donors (Lipinski definition) is 0. The van der Waals surface area contributed by atoms with Crippen molar-refractivity contribution in [2.24, 2.45) is 23.2 Å². The van der Waals surface area contributed by atoms with Crippen LogP contribution in [0.25, 0.3) is 0 Å². The second kappa shape index (κ2) is 1.61. The molecule has 2 unspecified atom stereocenters. The van der Waals surface area contributed by atoms with Crippen molar-refractivity contribution < 1.29 is 4.74 Å². The normalized spacial score (nSPS) is 55.2. The summed E-state index contributed by atoms with van der Waals surface area (Å²) in [5, 5.41) is 0. The Morgan fingerprint density at radius 1 is 1.18 bits per heavy atom. The lowest BCUT2D eigenvalue weighted by molar-refractivity contribution is 0.124. The Hall–Kier alpha value is -0.560. The molecule has 3 aliphatic carbocycles. The van der Waals surface area contributed by atoms with E-state index in [4.69, 9.17) is 4.74 Å². The second-order valence-corrected chi connectivity index (χ2v) is 3.89. The van der Waals surface area contributed by atoms with Crippen LogP contribution in [0, 0.1) is 23.2 Å². The van der Waals surface area contributed by atoms with E-state index >= 15 is 0 Å². The van der Waals surface area contributed by atoms with Gasteiger partial charge in [-0.2, -0.15) is 0 Å². The van der Waals surface area contributed by atoms with Crippen LogP contribution >= 0.6 is 0 Å². The Morgan fingerprint density at radius 3 is 2.27 bits per heavy atom. The molecule has 0 amide bonds. The summed E-state index contributed by atoms with van der Waals surface area (Å²) in [7, 11) is 1.81. The van der Waals surface area contributed by atoms with Crippen LogP contribution in [0.2, 0.25) is 0 Å². The highest BCUT2D eigenvalue weighted by molar-refractivity contribution is 5.41. The molecule has 0 bridgehead atoms. The standard InChI is InChI=1S/C10H12O/c1-11-6-10-7-2-4-8(10)9(10)5-3-7/h2-5,7-9H,6H2,1H3. The first-order chi connectivity index (χ1) is 5.39. The van der Waals surface area contributed by atoms with E-state index in [2.05, 4.69) is 24.3 Å². The molecule has 0 heterocycles. The van der Waals surface area contributed by atoms with Crippen LogP contribution in [0.1, 0.15) is 0 Å². The molecule has 1 nitrogen and oxygen atoms in total. The van der Waals surface area contributed by atoms with Crippen LogP contribution < -0.4 is 0 Å². The first-order valence-electron chi connectivity index (χ1n) is 4.25. The fourth-order valence-electron chi connectivity index (χ4n) is 3.00. The maximum Gasteiger partial charge on any atom is 0.0539 e. The van der Waals surface area contributed by atoms with Crippen molar-refractivity contribution in [2.75, 3.05) is 13.7 Å². The summed E-state index contributed by atoms with van der Waals surface area (Å²) in [6.07, 6.45) is 9.41. The topological polar surface area (TPSA) is 9.23 Å². The minimum atomic E-state index is 0.495. The monoisotopic (exact) mass is 148 g/mol. The molecule has 3 rings (SSSR count). The molecule has 0 radical (unpaired) electrons. The summed E-state index contributed by atoms with van der Waals surface area (Å²) in [6.45, 7) is 0.938. The van der Waals surface area contributed by atoms with Gasteiger partial charge in [0.25, 0.3) is 0 Å². The number of rotatable bonds is 2. The maximum atomic E-state index is 5.27. The molecule has 0 aliphatic heterocycles. The van der Waals surface area contributed by atoms with Gasteiger partial charge in [-0.15, -0.1) is 0 Å². The molecule has 3 aliphatic rings. The summed E-state index contributed by atoms with van der Waals surface area (Å²) in [4.78, 5) is 0. The van der Waals surface area contributed by atoms with Gasteiger partial charge in [-0.25, -0.2) is 0 Å². The third kappa shape index (κ3) is 0.467. The van der Waals surface area contributed by atoms with Crippen LogP contribution in [0.15, 0.2) is 24.3 Å². The van der Waals surface area contributed by atoms with Gasteiger partial charge in [-0.3, -0.25) is 0 Å². The van der Waals surface area contributed by atoms with Gasteiger partial charge in [0.2, 0.25) is 0 Å². The van der Waals surface area contributed by atoms with Crippen LogP contribution in [-0.2, 0) is 4.74 Å². The van der Waals surface area contributed by atoms with Gasteiger partial charge in [-0.05, 0) is 11.8 Å². The van der Waals surface area contributed by atoms with Crippen molar-refractivity contribution in [1.82, 2.24) is 0 Å². The zero-order valence-electron chi connectivity index (χ0n) is 6.66. The lowest BCUT2D eigenvalue weighted by Gasteiger charge is -2.15. The van der Waals surface area contributed by atoms with Gasteiger partial charge < -0.3 is 4.74 Å². The zero-order valence-corrected chi connectivity index (χ0v) is 6.66. The quantitative estimate of drug-likeness (QED) is 0.541. The molecule has 58 valence electrons. The molecule has 1 fully saturated rings. The van der Waals surface area contributed by atoms with E-state index in [-0.39, 0.29) is 0 Å². The second-order valence-electron chi connectivity index (χ2n) is 3.89. The SMILES string of the molecule is COCC12C3C=CC1C2C=C3. The highest BCUT2D eigenvalue weighted by atomic mass is 16.5. The average Bonchev–Trinajstić information content (AvgIpc) is 2.38. The summed E-state index contributed by atoms with van der Waals surface area (Å²) < 4.78 is 5.27. The van der Waals surface area contributed by atoms with Crippen LogP contribution in [0.4, 0.5) is 0 Å². The predicted molar refractivity (Wildman–Crippen MR) is 43.1 cm³/mol. The van der Waals surface area contributed by atoms with Crippen molar-refractivity contribution in [3.8, 4) is 0 Å². The third-order valence-corrected chi connectivity index (χ3v) is 3.59. The highest BCUT2D eigenvalue weighted by Crippen LogP contribution is 2.72. The van der Waals surface area contributed by atoms with Crippen molar-refractivity contribution >= 4 is 0 Å². The third-order valence-electron chi connectivity index (χ3n) is 3.59. The molecule has 1 heteroatoms. The zero-order chi connectivity index (χ0) is 7.47. The molecule has 2 atom stereocenters. The van der Waals surface area contributed by atoms with Crippen LogP contribution in [0.5, 0.6) is 0 Å². The van der Waals surface area contributed by atoms with E-state index in [9.17, 15) is 0 Å². The Morgan fingerprint density at radius 2 is 1.82 bits per heavy atom. The van der Waals surface area contributed by atoms with E-state index in [0.717, 1.165) is 18.4 Å². The lowest BCUT2D eigenvalue weighted by atomic mass is 9.94. The van der Waals surface area contributed by atoms with Gasteiger partial charge in [0.15, 0.2) is 0 Å². The molecular formula is C10H12O. The highest BCUT2D eigenvalue weighted by Gasteiger charge is 2.69. The smallest absolute Gasteiger partial charge is 0.0539 e. The summed E-state index contributed by atoms with van der Waals surface area (Å²) in [6, 6.07) is 0. The summed E-state index contributed by atoms with van der Waals surface area (Å²) in [5.41, 5.74) is 0.495. The fourth-order valence-corrected chi connectivity index (χ4v) is 3.00. The van der Waals surface area contributed by atoms with Gasteiger partial charge in [0, 0.05) is 18.4 Å². The molecule has 0 aromatic rings. The van der Waals surface area contributed by atoms with E-state index in [1.54, 1.807) is 0 Å². The van der Waals surface area contributed by atoms with Gasteiger partial charge in [-0.1, -0.05) is 24.3 Å². The average molecular weight is 148 g/mol. The Labute approximate surface area is 66.7 Å². The molecule has 0 aromatic heterocycles. The Bertz CT molecular complexity index is 232. The first kappa shape index (κ1) is 6.01. The largest absolute Gasteiger partial charge is 0.384 e. The van der Waals surface area contributed by atoms with Gasteiger partial charge in [0.05, 0.1) is 6.61 Å². The number of ether oxygens (including phenoxy) is 1. The number of methoxy groups -OCH3 is 1.